The van der Waals surface area contributed by atoms with Gasteiger partial charge < -0.3 is 57.4 Å². The predicted molar refractivity (Wildman–Crippen MR) is 196 cm³/mol. The largest absolute Gasteiger partial charge is 0.379 e. The Morgan fingerprint density at radius 1 is 0.320 bits per heavy atom. The third-order valence-electron chi connectivity index (χ3n) is 8.11. The van der Waals surface area contributed by atoms with E-state index >= 15 is 0 Å². The van der Waals surface area contributed by atoms with Gasteiger partial charge in [-0.25, -0.2) is 0 Å². The summed E-state index contributed by atoms with van der Waals surface area (Å²) < 4.78 is 61.2. The van der Waals surface area contributed by atoms with Gasteiger partial charge in [0.15, 0.2) is 0 Å². The van der Waals surface area contributed by atoms with Gasteiger partial charge in [-0.3, -0.25) is 0 Å². The van der Waals surface area contributed by atoms with Crippen molar-refractivity contribution in [2.75, 3.05) is 152 Å². The van der Waals surface area contributed by atoms with Crippen LogP contribution in [0.15, 0.2) is 0 Å². The fourth-order valence-electron chi connectivity index (χ4n) is 5.19. The lowest BCUT2D eigenvalue weighted by atomic mass is 10.1. The topological polar surface area (TPSA) is 114 Å². The van der Waals surface area contributed by atoms with Crippen molar-refractivity contribution in [3.05, 3.63) is 0 Å². The highest BCUT2D eigenvalue weighted by Crippen LogP contribution is 2.11. The zero-order valence-corrected chi connectivity index (χ0v) is 32.0. The molecule has 0 aliphatic carbocycles. The van der Waals surface area contributed by atoms with E-state index in [4.69, 9.17) is 52.1 Å². The SMILES string of the molecule is CCCCCCCCCCCCCOCCOCCOCCOCCOCCOCCOCCOCCOCCOCCOC1CCNCC1. The molecule has 50 heavy (non-hydrogen) atoms. The molecule has 0 radical (unpaired) electrons. The third kappa shape index (κ3) is 38.7. The van der Waals surface area contributed by atoms with Crippen LogP contribution in [-0.2, 0) is 52.1 Å². The molecule has 0 spiro atoms. The first-order valence-electron chi connectivity index (χ1n) is 20.0. The molecule has 0 aromatic heterocycles. The van der Waals surface area contributed by atoms with Crippen LogP contribution < -0.4 is 5.32 Å². The molecule has 12 nitrogen and oxygen atoms in total. The van der Waals surface area contributed by atoms with E-state index in [1.807, 2.05) is 0 Å². The molecule has 1 aliphatic heterocycles. The molecule has 0 saturated carbocycles. The van der Waals surface area contributed by atoms with Crippen molar-refractivity contribution in [3.63, 3.8) is 0 Å². The number of piperidine rings is 1. The maximum Gasteiger partial charge on any atom is 0.0704 e. The van der Waals surface area contributed by atoms with Crippen LogP contribution >= 0.6 is 0 Å². The molecule has 0 amide bonds. The van der Waals surface area contributed by atoms with Crippen LogP contribution in [0.3, 0.4) is 0 Å². The van der Waals surface area contributed by atoms with Gasteiger partial charge in [0.25, 0.3) is 0 Å². The summed E-state index contributed by atoms with van der Waals surface area (Å²) in [6, 6.07) is 0. The summed E-state index contributed by atoms with van der Waals surface area (Å²) in [6.07, 6.45) is 17.4. The number of hydrogen-bond acceptors (Lipinski definition) is 12. The van der Waals surface area contributed by atoms with Gasteiger partial charge in [-0.15, -0.1) is 0 Å². The van der Waals surface area contributed by atoms with Crippen molar-refractivity contribution in [2.45, 2.75) is 96.5 Å². The molecule has 0 aromatic rings. The van der Waals surface area contributed by atoms with E-state index in [-0.39, 0.29) is 0 Å². The number of rotatable bonds is 43. The smallest absolute Gasteiger partial charge is 0.0704 e. The monoisotopic (exact) mass is 724 g/mol. The van der Waals surface area contributed by atoms with Gasteiger partial charge in [0.05, 0.1) is 138 Å². The summed E-state index contributed by atoms with van der Waals surface area (Å²) in [5.41, 5.74) is 0. The Balaban J connectivity index is 1.59. The van der Waals surface area contributed by atoms with Gasteiger partial charge in [-0.05, 0) is 32.4 Å². The van der Waals surface area contributed by atoms with Crippen molar-refractivity contribution in [2.24, 2.45) is 0 Å². The Morgan fingerprint density at radius 2 is 0.580 bits per heavy atom. The highest BCUT2D eigenvalue weighted by molar-refractivity contribution is 4.67. The summed E-state index contributed by atoms with van der Waals surface area (Å²) >= 11 is 0. The van der Waals surface area contributed by atoms with Gasteiger partial charge in [0, 0.05) is 6.61 Å². The van der Waals surface area contributed by atoms with E-state index in [1.54, 1.807) is 0 Å². The van der Waals surface area contributed by atoms with Crippen molar-refractivity contribution in [3.8, 4) is 0 Å². The highest BCUT2D eigenvalue weighted by atomic mass is 16.6. The fourth-order valence-corrected chi connectivity index (χ4v) is 5.19. The van der Waals surface area contributed by atoms with Gasteiger partial charge >= 0.3 is 0 Å². The first kappa shape index (κ1) is 47.5. The maximum atomic E-state index is 5.80. The Bertz CT molecular complexity index is 617. The summed E-state index contributed by atoms with van der Waals surface area (Å²) in [5.74, 6) is 0. The van der Waals surface area contributed by atoms with E-state index in [2.05, 4.69) is 12.2 Å². The molecule has 1 rings (SSSR count). The second-order valence-corrected chi connectivity index (χ2v) is 12.5. The number of nitrogens with one attached hydrogen (secondary N) is 1. The minimum atomic E-state index is 0.375. The maximum absolute atomic E-state index is 5.80. The van der Waals surface area contributed by atoms with Crippen LogP contribution in [-0.4, -0.2) is 158 Å². The summed E-state index contributed by atoms with van der Waals surface area (Å²) in [5, 5.41) is 3.33. The minimum Gasteiger partial charge on any atom is -0.379 e. The second-order valence-electron chi connectivity index (χ2n) is 12.5. The fraction of sp³-hybridized carbons (Fsp3) is 1.00. The van der Waals surface area contributed by atoms with E-state index in [9.17, 15) is 0 Å². The van der Waals surface area contributed by atoms with Crippen molar-refractivity contribution in [1.29, 1.82) is 0 Å². The van der Waals surface area contributed by atoms with Crippen LogP contribution in [0.1, 0.15) is 90.4 Å². The summed E-state index contributed by atoms with van der Waals surface area (Å²) in [7, 11) is 0. The van der Waals surface area contributed by atoms with E-state index in [1.165, 1.54) is 64.2 Å². The van der Waals surface area contributed by atoms with E-state index in [0.29, 0.717) is 138 Å². The summed E-state index contributed by atoms with van der Waals surface area (Å²) in [6.45, 7) is 16.4. The molecule has 12 heteroatoms. The zero-order valence-electron chi connectivity index (χ0n) is 32.0. The average molecular weight is 724 g/mol. The lowest BCUT2D eigenvalue weighted by Crippen LogP contribution is -2.33. The molecule has 1 saturated heterocycles. The van der Waals surface area contributed by atoms with Crippen molar-refractivity contribution < 1.29 is 52.1 Å². The third-order valence-corrected chi connectivity index (χ3v) is 8.11. The molecule has 1 heterocycles. The van der Waals surface area contributed by atoms with Gasteiger partial charge in [0.2, 0.25) is 0 Å². The van der Waals surface area contributed by atoms with Crippen molar-refractivity contribution >= 4 is 0 Å². The zero-order chi connectivity index (χ0) is 35.5. The second kappa shape index (κ2) is 42.9. The molecule has 1 fully saturated rings. The lowest BCUT2D eigenvalue weighted by molar-refractivity contribution is -0.0324. The normalized spacial score (nSPS) is 13.9. The number of hydrogen-bond donors (Lipinski definition) is 1. The first-order valence-corrected chi connectivity index (χ1v) is 20.0. The number of unbranched alkanes of at least 4 members (excludes halogenated alkanes) is 10. The lowest BCUT2D eigenvalue weighted by Gasteiger charge is -2.22. The van der Waals surface area contributed by atoms with Crippen LogP contribution in [0.5, 0.6) is 0 Å². The Morgan fingerprint density at radius 3 is 0.900 bits per heavy atom. The molecule has 0 unspecified atom stereocenters. The first-order chi connectivity index (χ1) is 24.9. The van der Waals surface area contributed by atoms with Crippen LogP contribution in [0.2, 0.25) is 0 Å². The quantitative estimate of drug-likeness (QED) is 0.0832. The number of ether oxygens (including phenoxy) is 11. The highest BCUT2D eigenvalue weighted by Gasteiger charge is 2.12. The standard InChI is InChI=1S/C38H77NO11/c1-2-3-4-5-6-7-8-9-10-11-12-17-40-18-19-41-20-21-42-22-23-43-24-25-44-26-27-45-28-29-46-30-31-47-32-33-48-34-35-49-36-37-50-38-13-15-39-16-14-38/h38-39H,2-37H2,1H3. The molecule has 1 N–H and O–H groups in total. The Hall–Kier alpha value is -0.480. The van der Waals surface area contributed by atoms with E-state index < -0.39 is 0 Å². The van der Waals surface area contributed by atoms with Crippen molar-refractivity contribution in [1.82, 2.24) is 5.32 Å². The Kier molecular flexibility index (Phi) is 40.8. The molecular weight excluding hydrogens is 646 g/mol. The molecular formula is C38H77NO11. The van der Waals surface area contributed by atoms with Crippen LogP contribution in [0, 0.1) is 0 Å². The molecule has 0 atom stereocenters. The molecule has 0 bridgehead atoms. The average Bonchev–Trinajstić information content (AvgIpc) is 3.14. The van der Waals surface area contributed by atoms with Gasteiger partial charge in [-0.1, -0.05) is 71.1 Å². The van der Waals surface area contributed by atoms with Gasteiger partial charge in [-0.2, -0.15) is 0 Å². The van der Waals surface area contributed by atoms with Crippen LogP contribution in [0.25, 0.3) is 0 Å². The van der Waals surface area contributed by atoms with Gasteiger partial charge in [0.1, 0.15) is 0 Å². The van der Waals surface area contributed by atoms with Crippen LogP contribution in [0.4, 0.5) is 0 Å². The molecule has 1 aliphatic rings. The Labute approximate surface area is 305 Å². The summed E-state index contributed by atoms with van der Waals surface area (Å²) in [4.78, 5) is 0. The predicted octanol–water partition coefficient (Wildman–Crippen LogP) is 5.23. The molecule has 300 valence electrons. The minimum absolute atomic E-state index is 0.375. The van der Waals surface area contributed by atoms with E-state index in [0.717, 1.165) is 39.0 Å². The molecule has 0 aromatic carbocycles.